The molecule has 1 saturated heterocycles. The molecule has 120 valence electrons. The summed E-state index contributed by atoms with van der Waals surface area (Å²) in [6, 6.07) is 3.72. The Hall–Kier alpha value is -2.87. The van der Waals surface area contributed by atoms with Crippen molar-refractivity contribution in [2.75, 3.05) is 16.8 Å². The van der Waals surface area contributed by atoms with E-state index in [0.717, 1.165) is 23.7 Å². The van der Waals surface area contributed by atoms with Gasteiger partial charge in [0.15, 0.2) is 5.82 Å². The molecule has 8 heteroatoms. The van der Waals surface area contributed by atoms with E-state index in [2.05, 4.69) is 25.3 Å². The largest absolute Gasteiger partial charge is 0.324 e. The molecule has 0 saturated carbocycles. The fraction of sp³-hybridized carbons (Fsp3) is 0.188. The van der Waals surface area contributed by atoms with Gasteiger partial charge in [0.25, 0.3) is 0 Å². The standard InChI is InChI=1S/C16H14N6OS/c23-15-2-1-6-22(15)11-3-4-13(19-8-11)21-14-10-17-9-12(20-14)16-18-5-7-24-16/h3-5,7-10H,1-2,6H2,(H,19,20,21). The van der Waals surface area contributed by atoms with Gasteiger partial charge in [-0.25, -0.2) is 15.0 Å². The van der Waals surface area contributed by atoms with Crippen molar-refractivity contribution >= 4 is 34.6 Å². The Morgan fingerprint density at radius 1 is 1.12 bits per heavy atom. The number of nitrogens with zero attached hydrogens (tertiary/aromatic N) is 5. The predicted octanol–water partition coefficient (Wildman–Crippen LogP) is 2.87. The number of nitrogens with one attached hydrogen (secondary N) is 1. The molecule has 7 nitrogen and oxygen atoms in total. The molecule has 1 fully saturated rings. The maximum Gasteiger partial charge on any atom is 0.227 e. The number of anilines is 3. The van der Waals surface area contributed by atoms with Gasteiger partial charge in [-0.15, -0.1) is 11.3 Å². The molecule has 0 spiro atoms. The van der Waals surface area contributed by atoms with Crippen LogP contribution in [0.25, 0.3) is 10.7 Å². The van der Waals surface area contributed by atoms with Gasteiger partial charge in [0, 0.05) is 24.5 Å². The zero-order valence-corrected chi connectivity index (χ0v) is 13.5. The van der Waals surface area contributed by atoms with E-state index in [-0.39, 0.29) is 5.91 Å². The van der Waals surface area contributed by atoms with Crippen molar-refractivity contribution in [3.8, 4) is 10.7 Å². The summed E-state index contributed by atoms with van der Waals surface area (Å²) in [7, 11) is 0. The Balaban J connectivity index is 1.51. The van der Waals surface area contributed by atoms with Crippen LogP contribution in [-0.2, 0) is 4.79 Å². The molecular formula is C16H14N6OS. The minimum atomic E-state index is 0.152. The number of amides is 1. The molecule has 0 bridgehead atoms. The summed E-state index contributed by atoms with van der Waals surface area (Å²) in [6.45, 7) is 0.759. The molecule has 1 aliphatic heterocycles. The lowest BCUT2D eigenvalue weighted by atomic mass is 10.3. The Labute approximate surface area is 142 Å². The molecule has 3 aromatic heterocycles. The third-order valence-corrected chi connectivity index (χ3v) is 4.47. The minimum absolute atomic E-state index is 0.152. The van der Waals surface area contributed by atoms with Crippen molar-refractivity contribution < 1.29 is 4.79 Å². The molecule has 1 N–H and O–H groups in total. The third kappa shape index (κ3) is 2.95. The number of thiazole rings is 1. The molecule has 0 aliphatic carbocycles. The van der Waals surface area contributed by atoms with E-state index in [4.69, 9.17) is 0 Å². The second kappa shape index (κ2) is 6.32. The highest BCUT2D eigenvalue weighted by Gasteiger charge is 2.21. The molecule has 24 heavy (non-hydrogen) atoms. The maximum absolute atomic E-state index is 11.8. The van der Waals surface area contributed by atoms with Gasteiger partial charge in [-0.2, -0.15) is 0 Å². The highest BCUT2D eigenvalue weighted by Crippen LogP contribution is 2.23. The van der Waals surface area contributed by atoms with Crippen LogP contribution in [0.5, 0.6) is 0 Å². The lowest BCUT2D eigenvalue weighted by Gasteiger charge is -2.15. The minimum Gasteiger partial charge on any atom is -0.324 e. The first-order chi connectivity index (χ1) is 11.8. The van der Waals surface area contributed by atoms with Crippen LogP contribution in [0.1, 0.15) is 12.8 Å². The molecular weight excluding hydrogens is 324 g/mol. The zero-order chi connectivity index (χ0) is 16.4. The highest BCUT2D eigenvalue weighted by molar-refractivity contribution is 7.13. The average molecular weight is 338 g/mol. The fourth-order valence-electron chi connectivity index (χ4n) is 2.55. The van der Waals surface area contributed by atoms with Gasteiger partial charge in [-0.1, -0.05) is 0 Å². The summed E-state index contributed by atoms with van der Waals surface area (Å²) in [5.74, 6) is 1.40. The second-order valence-electron chi connectivity index (χ2n) is 5.30. The van der Waals surface area contributed by atoms with E-state index in [1.165, 1.54) is 11.3 Å². The van der Waals surface area contributed by atoms with Gasteiger partial charge in [0.1, 0.15) is 16.5 Å². The first-order valence-electron chi connectivity index (χ1n) is 7.55. The first kappa shape index (κ1) is 14.7. The van der Waals surface area contributed by atoms with Crippen LogP contribution < -0.4 is 10.2 Å². The van der Waals surface area contributed by atoms with Gasteiger partial charge >= 0.3 is 0 Å². The third-order valence-electron chi connectivity index (χ3n) is 3.68. The number of hydrogen-bond acceptors (Lipinski definition) is 7. The fourth-order valence-corrected chi connectivity index (χ4v) is 3.14. The van der Waals surface area contributed by atoms with E-state index >= 15 is 0 Å². The average Bonchev–Trinajstić information content (AvgIpc) is 3.28. The van der Waals surface area contributed by atoms with Gasteiger partial charge < -0.3 is 10.2 Å². The van der Waals surface area contributed by atoms with Gasteiger partial charge in [0.2, 0.25) is 5.91 Å². The van der Waals surface area contributed by atoms with Crippen LogP contribution in [0.4, 0.5) is 17.3 Å². The quantitative estimate of drug-likeness (QED) is 0.787. The van der Waals surface area contributed by atoms with Crippen LogP contribution in [-0.4, -0.2) is 32.4 Å². The van der Waals surface area contributed by atoms with Crippen molar-refractivity contribution in [1.82, 2.24) is 19.9 Å². The number of carbonyl (C=O) groups excluding carboxylic acids is 1. The smallest absolute Gasteiger partial charge is 0.227 e. The normalized spacial score (nSPS) is 14.2. The molecule has 4 rings (SSSR count). The van der Waals surface area contributed by atoms with Crippen molar-refractivity contribution in [3.63, 3.8) is 0 Å². The topological polar surface area (TPSA) is 83.9 Å². The molecule has 3 aromatic rings. The monoisotopic (exact) mass is 338 g/mol. The number of carbonyl (C=O) groups is 1. The number of hydrogen-bond donors (Lipinski definition) is 1. The summed E-state index contributed by atoms with van der Waals surface area (Å²) in [5.41, 5.74) is 1.54. The number of pyridine rings is 1. The molecule has 0 atom stereocenters. The SMILES string of the molecule is O=C1CCCN1c1ccc(Nc2cncc(-c3nccs3)n2)nc1. The van der Waals surface area contributed by atoms with E-state index in [9.17, 15) is 4.79 Å². The molecule has 1 amide bonds. The van der Waals surface area contributed by atoms with E-state index < -0.39 is 0 Å². The Morgan fingerprint density at radius 2 is 2.08 bits per heavy atom. The van der Waals surface area contributed by atoms with Crippen molar-refractivity contribution in [3.05, 3.63) is 42.3 Å². The Morgan fingerprint density at radius 3 is 2.79 bits per heavy atom. The molecule has 4 heterocycles. The maximum atomic E-state index is 11.8. The molecule has 0 aromatic carbocycles. The molecule has 0 radical (unpaired) electrons. The summed E-state index contributed by atoms with van der Waals surface area (Å²) < 4.78 is 0. The Bertz CT molecular complexity index is 849. The lowest BCUT2D eigenvalue weighted by Crippen LogP contribution is -2.23. The molecule has 0 unspecified atom stereocenters. The molecule has 1 aliphatic rings. The van der Waals surface area contributed by atoms with Gasteiger partial charge in [0.05, 0.1) is 24.3 Å². The van der Waals surface area contributed by atoms with Crippen molar-refractivity contribution in [2.24, 2.45) is 0 Å². The van der Waals surface area contributed by atoms with Crippen LogP contribution in [0.15, 0.2) is 42.3 Å². The highest BCUT2D eigenvalue weighted by atomic mass is 32.1. The number of aromatic nitrogens is 4. The van der Waals surface area contributed by atoms with E-state index in [0.29, 0.717) is 23.8 Å². The van der Waals surface area contributed by atoms with Gasteiger partial charge in [-0.3, -0.25) is 9.78 Å². The van der Waals surface area contributed by atoms with Crippen LogP contribution in [0.3, 0.4) is 0 Å². The van der Waals surface area contributed by atoms with Crippen LogP contribution >= 0.6 is 11.3 Å². The van der Waals surface area contributed by atoms with E-state index in [1.54, 1.807) is 29.7 Å². The predicted molar refractivity (Wildman–Crippen MR) is 92.2 cm³/mol. The Kier molecular flexibility index (Phi) is 3.87. The van der Waals surface area contributed by atoms with Crippen molar-refractivity contribution in [2.45, 2.75) is 12.8 Å². The van der Waals surface area contributed by atoms with Crippen LogP contribution in [0.2, 0.25) is 0 Å². The second-order valence-corrected chi connectivity index (χ2v) is 6.20. The number of rotatable bonds is 4. The van der Waals surface area contributed by atoms with Crippen LogP contribution in [0, 0.1) is 0 Å². The first-order valence-corrected chi connectivity index (χ1v) is 8.43. The summed E-state index contributed by atoms with van der Waals surface area (Å²) >= 11 is 1.51. The zero-order valence-electron chi connectivity index (χ0n) is 12.7. The summed E-state index contributed by atoms with van der Waals surface area (Å²) in [4.78, 5) is 30.8. The van der Waals surface area contributed by atoms with E-state index in [1.807, 2.05) is 17.5 Å². The summed E-state index contributed by atoms with van der Waals surface area (Å²) in [5, 5.41) is 5.85. The lowest BCUT2D eigenvalue weighted by molar-refractivity contribution is -0.117. The van der Waals surface area contributed by atoms with Gasteiger partial charge in [-0.05, 0) is 18.6 Å². The van der Waals surface area contributed by atoms with Crippen molar-refractivity contribution in [1.29, 1.82) is 0 Å². The summed E-state index contributed by atoms with van der Waals surface area (Å²) in [6.07, 6.45) is 8.26.